The van der Waals surface area contributed by atoms with Crippen LogP contribution < -0.4 is 24.4 Å². The van der Waals surface area contributed by atoms with Gasteiger partial charge >= 0.3 is 0 Å². The first kappa shape index (κ1) is 104. The number of sulfonamides is 2. The molecule has 27 heteroatoms. The van der Waals surface area contributed by atoms with Crippen LogP contribution in [-0.4, -0.2) is 147 Å². The Morgan fingerprint density at radius 2 is 1.55 bits per heavy atom. The molecule has 10 aliphatic rings. The van der Waals surface area contributed by atoms with Crippen molar-refractivity contribution in [2.24, 2.45) is 39.9 Å². The van der Waals surface area contributed by atoms with Crippen LogP contribution >= 0.6 is 46.3 Å². The summed E-state index contributed by atoms with van der Waals surface area (Å²) in [6, 6.07) is 53.0. The third-order valence-electron chi connectivity index (χ3n) is 30.8. The van der Waals surface area contributed by atoms with Gasteiger partial charge in [0.25, 0.3) is 5.91 Å². The van der Waals surface area contributed by atoms with Gasteiger partial charge in [-0.3, -0.25) is 23.9 Å². The second-order valence-electron chi connectivity index (χ2n) is 41.2. The van der Waals surface area contributed by atoms with Crippen LogP contribution in [0.5, 0.6) is 11.5 Å². The molecular formula is C114H137Cl2N11O10S4. The van der Waals surface area contributed by atoms with E-state index in [9.17, 15) is 36.0 Å². The quantitative estimate of drug-likeness (QED) is 0.0398. The Morgan fingerprint density at radius 3 is 2.24 bits per heavy atom. The number of rotatable bonds is 30. The number of pyridine rings is 1. The number of thiophene rings is 1. The number of anilines is 2. The molecule has 746 valence electrons. The molecule has 8 unspecified atom stereocenters. The number of halogens is 2. The molecule has 0 radical (unpaired) electrons. The molecule has 6 saturated carbocycles. The molecule has 8 fully saturated rings. The number of amides is 2. The van der Waals surface area contributed by atoms with Crippen molar-refractivity contribution in [2.75, 3.05) is 62.3 Å². The van der Waals surface area contributed by atoms with Crippen molar-refractivity contribution >= 4 is 113 Å². The number of nitrogens with zero attached hydrogens (tertiary/aromatic N) is 9. The number of nitrogens with one attached hydrogen (secondary N) is 2. The van der Waals surface area contributed by atoms with E-state index in [4.69, 9.17) is 32.7 Å². The third-order valence-corrected chi connectivity index (χ3v) is 37.6. The lowest BCUT2D eigenvalue weighted by Crippen LogP contribution is -2.45. The van der Waals surface area contributed by atoms with Crippen LogP contribution in [0.2, 0.25) is 10.0 Å². The first-order valence-electron chi connectivity index (χ1n) is 50.4. The number of methoxy groups -OCH3 is 1. The summed E-state index contributed by atoms with van der Waals surface area (Å²) in [5, 5.41) is 9.46. The van der Waals surface area contributed by atoms with E-state index in [0.717, 1.165) is 140 Å². The number of benzene rings is 5. The first-order valence-corrected chi connectivity index (χ1v) is 55.9. The molecule has 20 rings (SSSR count). The molecule has 2 aliphatic heterocycles. The summed E-state index contributed by atoms with van der Waals surface area (Å²) < 4.78 is 70.7. The number of thioether (sulfide) groups is 1. The Hall–Kier alpha value is -10.2. The molecule has 0 spiro atoms. The number of fused-ring (bicyclic) bond motifs is 8. The van der Waals surface area contributed by atoms with Crippen molar-refractivity contribution in [1.29, 1.82) is 0 Å². The summed E-state index contributed by atoms with van der Waals surface area (Å²) in [5.74, 6) is 6.45. The van der Waals surface area contributed by atoms with Crippen molar-refractivity contribution in [3.05, 3.63) is 307 Å². The normalized spacial score (nSPS) is 22.3. The number of hydrogen-bond acceptors (Lipinski definition) is 17. The number of allylic oxidation sites excluding steroid dienone is 6. The van der Waals surface area contributed by atoms with Gasteiger partial charge in [-0.2, -0.15) is 21.2 Å². The number of ketones is 2. The molecule has 2 saturated heterocycles. The molecule has 21 nitrogen and oxygen atoms in total. The molecule has 5 aromatic carbocycles. The van der Waals surface area contributed by atoms with Crippen molar-refractivity contribution in [2.45, 2.75) is 237 Å². The maximum absolute atomic E-state index is 13.3. The Balaban J connectivity index is 0.000000127. The Bertz CT molecular complexity index is 6510. The Labute approximate surface area is 852 Å². The molecule has 7 heterocycles. The van der Waals surface area contributed by atoms with Crippen LogP contribution in [0.25, 0.3) is 11.6 Å². The predicted octanol–water partition coefficient (Wildman–Crippen LogP) is 24.3. The number of Topliss-reactive ketones (excluding diaryl/α,β-unsaturated/α-hetero) is 2. The minimum absolute atomic E-state index is 0.0259. The van der Waals surface area contributed by atoms with Crippen LogP contribution in [0.1, 0.15) is 241 Å². The van der Waals surface area contributed by atoms with Crippen molar-refractivity contribution in [3.8, 4) is 11.5 Å². The van der Waals surface area contributed by atoms with Gasteiger partial charge in [0.15, 0.2) is 0 Å². The number of hydrogen-bond donors (Lipinski definition) is 2. The molecule has 8 atom stereocenters. The second kappa shape index (κ2) is 45.0. The summed E-state index contributed by atoms with van der Waals surface area (Å²) >= 11 is 15.7. The summed E-state index contributed by atoms with van der Waals surface area (Å²) in [4.78, 5) is 67.6. The highest BCUT2D eigenvalue weighted by Crippen LogP contribution is 2.66. The Kier molecular flexibility index (Phi) is 33.1. The molecule has 2 bridgehead atoms. The van der Waals surface area contributed by atoms with Gasteiger partial charge in [0.2, 0.25) is 31.7 Å². The van der Waals surface area contributed by atoms with Crippen LogP contribution in [0.3, 0.4) is 0 Å². The predicted molar refractivity (Wildman–Crippen MR) is 571 cm³/mol. The van der Waals surface area contributed by atoms with E-state index in [1.807, 2.05) is 145 Å². The highest BCUT2D eigenvalue weighted by atomic mass is 35.5. The second-order valence-corrected chi connectivity index (χ2v) is 49.0. The number of aryl methyl sites for hydroxylation is 3. The summed E-state index contributed by atoms with van der Waals surface area (Å²) in [7, 11) is -5.37. The zero-order valence-electron chi connectivity index (χ0n) is 83.2. The maximum Gasteiger partial charge on any atom is 0.254 e. The molecular weight excluding hydrogens is 1880 g/mol. The van der Waals surface area contributed by atoms with Crippen molar-refractivity contribution < 1.29 is 45.5 Å². The van der Waals surface area contributed by atoms with Gasteiger partial charge in [0.1, 0.15) is 36.0 Å². The standard InChI is InChI=1S/C26H32N2O.C24H31NO2S.C23H27N3O3S.C21H25NO4S2.C20H22Cl2N4/c1-5-28-16-18(15-27-28)12-20-14-25-24-8-6-19-13-21(29-4)7-9-22(19)23(24)10-11-26(25,3)17(20)2;1-24(2,3)28-22-15-16-25(17-22)23(26)14-11-19-9-12-21(13-10-19)27-18-20-7-5-4-6-8-20;1-3-24(4-2)30(28,29)22-14-8-18(9-15-22)23(27)26(20-10-11-20)17-21-13-12-19-7-5-6-16-25(19)21;1-20(2)15-9-10-21(20,18(23)11-15)13-28(25,26)22-12-16-7-8-17(27-16)19(24)14-5-3-4-6-14;1-13(25-17-6-2-5-16(21)20(17)22)15-4-3-9-26(11-15)19-10-18(14-7-8-14)23-12-24-19/h7,9,12-13,15-16,23-25H,2,5-6,8,10-11,14H2,1,3-4H3;4-10,12-13,22H,11,14-18H2,1-3H3;5-9,12-16,20H,3-4,10-11,17H2,1-2H3;3,5-8,15,22H,4,9-13H2,1-2H3;2,5-6,10,12,14-15,25H,1,3-4,7-9,11H2/b20-12+;;;;. The smallest absolute Gasteiger partial charge is 0.254 e. The lowest BCUT2D eigenvalue weighted by molar-refractivity contribution is -0.130. The van der Waals surface area contributed by atoms with E-state index >= 15 is 0 Å². The Morgan fingerprint density at radius 1 is 0.780 bits per heavy atom. The molecule has 10 aromatic rings. The topological polar surface area (TPSA) is 240 Å². The van der Waals surface area contributed by atoms with Crippen LogP contribution in [0, 0.1) is 39.9 Å². The lowest BCUT2D eigenvalue weighted by Gasteiger charge is -2.49. The highest BCUT2D eigenvalue weighted by molar-refractivity contribution is 8.01. The zero-order valence-corrected chi connectivity index (χ0v) is 88.0. The van der Waals surface area contributed by atoms with Crippen LogP contribution in [0.4, 0.5) is 11.5 Å². The maximum atomic E-state index is 13.3. The molecule has 8 aliphatic carbocycles. The van der Waals surface area contributed by atoms with Gasteiger partial charge in [-0.25, -0.2) is 31.5 Å². The summed E-state index contributed by atoms with van der Waals surface area (Å²) in [5.41, 5.74) is 15.0. The van der Waals surface area contributed by atoms with E-state index in [1.165, 1.54) is 94.1 Å². The van der Waals surface area contributed by atoms with E-state index in [1.54, 1.807) is 61.5 Å². The fraction of sp³-hybridized carbons (Fsp3) is 0.447. The van der Waals surface area contributed by atoms with E-state index in [-0.39, 0.29) is 62.2 Å². The van der Waals surface area contributed by atoms with Gasteiger partial charge in [0, 0.05) is 161 Å². The fourth-order valence-corrected chi connectivity index (χ4v) is 28.3. The highest BCUT2D eigenvalue weighted by Gasteiger charge is 2.65. The summed E-state index contributed by atoms with van der Waals surface area (Å²) in [6.07, 6.45) is 34.0. The monoisotopic (exact) mass is 2020 g/mol. The minimum Gasteiger partial charge on any atom is -0.497 e. The average Bonchev–Trinajstić information content (AvgIpc) is 1.38. The van der Waals surface area contributed by atoms with Gasteiger partial charge in [0.05, 0.1) is 51.1 Å². The van der Waals surface area contributed by atoms with E-state index in [2.05, 4.69) is 155 Å². The molecule has 2 N–H and O–H groups in total. The third kappa shape index (κ3) is 24.6. The molecule has 5 aromatic heterocycles. The number of piperidine rings is 1. The number of carbonyl (C=O) groups excluding carboxylic acids is 4. The van der Waals surface area contributed by atoms with E-state index in [0.29, 0.717) is 106 Å². The fourth-order valence-electron chi connectivity index (χ4n) is 22.2. The largest absolute Gasteiger partial charge is 0.497 e. The SMILES string of the molecule is C=C(Nc1cccc(Cl)c1Cl)C1CCCN(c2cc(C3CC3)ncn2)C1.C=C1/C(=C/c2cnn(CC)c2)CC2C3CCc4cc(OC)ccc4C3CCC12C.CC(C)(C)SC1CCN(C(=O)CCc2ccc(OCc3ccccc3)cc2)C1.CC1(C)C2CCC1(CS(=O)(=O)NCc1ccc(C(=O)C3=CCC=C3)s1)C(=O)C2.CCN(CC)S(=O)(=O)c1ccc(C(=O)N(Cc2ccc3ccccn23)C2CC2)cc1. The van der Waals surface area contributed by atoms with Gasteiger partial charge in [-0.05, 0) is 281 Å². The van der Waals surface area contributed by atoms with Crippen molar-refractivity contribution in [1.82, 2.24) is 43.0 Å². The number of ether oxygens (including phenoxy) is 2. The molecule has 2 amide bonds. The van der Waals surface area contributed by atoms with Gasteiger partial charge in [-0.15, -0.1) is 11.3 Å². The number of carbonyl (C=O) groups is 4. The van der Waals surface area contributed by atoms with Crippen LogP contribution in [-0.2, 0) is 68.7 Å². The van der Waals surface area contributed by atoms with Gasteiger partial charge in [-0.1, -0.05) is 171 Å². The van der Waals surface area contributed by atoms with Gasteiger partial charge < -0.3 is 33.9 Å². The number of likely N-dealkylation sites (tertiary alicyclic amines) is 1. The zero-order chi connectivity index (χ0) is 99.7. The van der Waals surface area contributed by atoms with Crippen LogP contribution in [0.15, 0.2) is 247 Å². The van der Waals surface area contributed by atoms with E-state index < -0.39 is 25.5 Å². The van der Waals surface area contributed by atoms with Crippen molar-refractivity contribution in [3.63, 3.8) is 0 Å². The minimum atomic E-state index is -3.61. The lowest BCUT2D eigenvalue weighted by atomic mass is 9.55. The number of aromatic nitrogens is 5. The summed E-state index contributed by atoms with van der Waals surface area (Å²) in [6.45, 7) is 34.6. The molecule has 141 heavy (non-hydrogen) atoms. The average molecular weight is 2020 g/mol. The first-order chi connectivity index (χ1) is 67.6.